The summed E-state index contributed by atoms with van der Waals surface area (Å²) in [6.45, 7) is 1.39. The first-order valence-corrected chi connectivity index (χ1v) is 4.53. The van der Waals surface area contributed by atoms with E-state index in [1.807, 2.05) is 17.5 Å². The predicted molar refractivity (Wildman–Crippen MR) is 48.0 cm³/mol. The third-order valence-electron chi connectivity index (χ3n) is 1.45. The highest BCUT2D eigenvalue weighted by atomic mass is 32.1. The fourth-order valence-electron chi connectivity index (χ4n) is 0.942. The van der Waals surface area contributed by atoms with Crippen LogP contribution in [0.15, 0.2) is 17.5 Å². The van der Waals surface area contributed by atoms with Gasteiger partial charge in [0.2, 0.25) is 5.91 Å². The Labute approximate surface area is 75.0 Å². The van der Waals surface area contributed by atoms with Crippen LogP contribution in [0.2, 0.25) is 0 Å². The minimum atomic E-state index is -0.248. The molecule has 12 heavy (non-hydrogen) atoms. The van der Waals surface area contributed by atoms with Crippen LogP contribution in [0.25, 0.3) is 0 Å². The van der Waals surface area contributed by atoms with Crippen LogP contribution in [0.3, 0.4) is 0 Å². The summed E-state index contributed by atoms with van der Waals surface area (Å²) >= 11 is 1.52. The van der Waals surface area contributed by atoms with Crippen molar-refractivity contribution < 1.29 is 9.90 Å². The molecule has 0 radical (unpaired) electrons. The number of hydrogen-bond donors (Lipinski definition) is 2. The zero-order valence-electron chi connectivity index (χ0n) is 6.78. The van der Waals surface area contributed by atoms with E-state index in [0.717, 1.165) is 4.88 Å². The Balaban J connectivity index is 2.63. The number of nitrogens with one attached hydrogen (secondary N) is 1. The van der Waals surface area contributed by atoms with Gasteiger partial charge in [-0.2, -0.15) is 0 Å². The Morgan fingerprint density at radius 2 is 2.58 bits per heavy atom. The van der Waals surface area contributed by atoms with Gasteiger partial charge in [0.25, 0.3) is 0 Å². The first kappa shape index (κ1) is 9.22. The highest BCUT2D eigenvalue weighted by molar-refractivity contribution is 7.10. The highest BCUT2D eigenvalue weighted by Crippen LogP contribution is 2.17. The van der Waals surface area contributed by atoms with E-state index in [0.29, 0.717) is 0 Å². The SMILES string of the molecule is CC(=O)NC(CO)c1cccs1. The summed E-state index contributed by atoms with van der Waals surface area (Å²) in [4.78, 5) is 11.7. The summed E-state index contributed by atoms with van der Waals surface area (Å²) in [7, 11) is 0. The molecular weight excluding hydrogens is 174 g/mol. The van der Waals surface area contributed by atoms with E-state index in [-0.39, 0.29) is 18.6 Å². The second kappa shape index (κ2) is 4.23. The molecule has 0 aliphatic heterocycles. The van der Waals surface area contributed by atoms with E-state index < -0.39 is 0 Å². The van der Waals surface area contributed by atoms with Gasteiger partial charge in [-0.1, -0.05) is 6.07 Å². The molecule has 1 rings (SSSR count). The summed E-state index contributed by atoms with van der Waals surface area (Å²) < 4.78 is 0. The standard InChI is InChI=1S/C8H11NO2S/c1-6(11)9-7(5-10)8-3-2-4-12-8/h2-4,7,10H,5H2,1H3,(H,9,11). The quantitative estimate of drug-likeness (QED) is 0.735. The Morgan fingerprint density at radius 1 is 1.83 bits per heavy atom. The van der Waals surface area contributed by atoms with E-state index in [9.17, 15) is 4.79 Å². The molecule has 0 saturated heterocycles. The normalized spacial score (nSPS) is 12.5. The summed E-state index contributed by atoms with van der Waals surface area (Å²) in [6, 6.07) is 3.54. The number of carbonyl (C=O) groups is 1. The highest BCUT2D eigenvalue weighted by Gasteiger charge is 2.11. The molecule has 1 amide bonds. The number of aliphatic hydroxyl groups is 1. The average molecular weight is 185 g/mol. The van der Waals surface area contributed by atoms with Crippen molar-refractivity contribution in [1.29, 1.82) is 0 Å². The van der Waals surface area contributed by atoms with Crippen LogP contribution in [0, 0.1) is 0 Å². The van der Waals surface area contributed by atoms with E-state index in [1.54, 1.807) is 0 Å². The van der Waals surface area contributed by atoms with E-state index >= 15 is 0 Å². The third-order valence-corrected chi connectivity index (χ3v) is 2.43. The number of rotatable bonds is 3. The number of hydrogen-bond acceptors (Lipinski definition) is 3. The molecule has 1 aromatic rings. The molecule has 0 aliphatic carbocycles. The van der Waals surface area contributed by atoms with Crippen LogP contribution in [-0.2, 0) is 4.79 Å². The first-order chi connectivity index (χ1) is 5.74. The van der Waals surface area contributed by atoms with Crippen molar-refractivity contribution in [3.63, 3.8) is 0 Å². The zero-order valence-corrected chi connectivity index (χ0v) is 7.60. The lowest BCUT2D eigenvalue weighted by atomic mass is 10.2. The Bertz CT molecular complexity index is 246. The lowest BCUT2D eigenvalue weighted by Gasteiger charge is -2.12. The Hall–Kier alpha value is -0.870. The number of carbonyl (C=O) groups excluding carboxylic acids is 1. The second-order valence-corrected chi connectivity index (χ2v) is 3.43. The van der Waals surface area contributed by atoms with Crippen molar-refractivity contribution in [1.82, 2.24) is 5.32 Å². The van der Waals surface area contributed by atoms with Crippen LogP contribution in [0.1, 0.15) is 17.8 Å². The molecule has 1 unspecified atom stereocenters. The van der Waals surface area contributed by atoms with Crippen LogP contribution in [-0.4, -0.2) is 17.6 Å². The van der Waals surface area contributed by atoms with E-state index in [1.165, 1.54) is 18.3 Å². The minimum absolute atomic E-state index is 0.0555. The topological polar surface area (TPSA) is 49.3 Å². The van der Waals surface area contributed by atoms with Gasteiger partial charge in [0.05, 0.1) is 12.6 Å². The van der Waals surface area contributed by atoms with Crippen molar-refractivity contribution in [3.05, 3.63) is 22.4 Å². The fourth-order valence-corrected chi connectivity index (χ4v) is 1.71. The Kier molecular flexibility index (Phi) is 3.25. The molecule has 1 aromatic heterocycles. The molecule has 1 atom stereocenters. The molecule has 2 N–H and O–H groups in total. The molecule has 0 spiro atoms. The molecule has 1 heterocycles. The van der Waals surface area contributed by atoms with Gasteiger partial charge in [0.1, 0.15) is 0 Å². The summed E-state index contributed by atoms with van der Waals surface area (Å²) in [5.74, 6) is -0.123. The van der Waals surface area contributed by atoms with Gasteiger partial charge in [-0.05, 0) is 11.4 Å². The van der Waals surface area contributed by atoms with Crippen molar-refractivity contribution in [2.45, 2.75) is 13.0 Å². The smallest absolute Gasteiger partial charge is 0.217 e. The lowest BCUT2D eigenvalue weighted by molar-refractivity contribution is -0.120. The Morgan fingerprint density at radius 3 is 3.00 bits per heavy atom. The second-order valence-electron chi connectivity index (χ2n) is 2.45. The summed E-state index contributed by atoms with van der Waals surface area (Å²) in [5, 5.41) is 13.5. The predicted octanol–water partition coefficient (Wildman–Crippen LogP) is 0.918. The number of amides is 1. The van der Waals surface area contributed by atoms with Gasteiger partial charge in [-0.15, -0.1) is 11.3 Å². The fraction of sp³-hybridized carbons (Fsp3) is 0.375. The minimum Gasteiger partial charge on any atom is -0.394 e. The van der Waals surface area contributed by atoms with Gasteiger partial charge in [0, 0.05) is 11.8 Å². The average Bonchev–Trinajstić information content (AvgIpc) is 2.51. The molecular formula is C8H11NO2S. The zero-order chi connectivity index (χ0) is 8.97. The molecule has 0 aliphatic rings. The third kappa shape index (κ3) is 2.32. The molecule has 0 aromatic carbocycles. The maximum Gasteiger partial charge on any atom is 0.217 e. The van der Waals surface area contributed by atoms with Crippen molar-refractivity contribution >= 4 is 17.2 Å². The van der Waals surface area contributed by atoms with Gasteiger partial charge >= 0.3 is 0 Å². The molecule has 66 valence electrons. The van der Waals surface area contributed by atoms with E-state index in [4.69, 9.17) is 5.11 Å². The molecule has 0 saturated carbocycles. The van der Waals surface area contributed by atoms with Gasteiger partial charge in [-0.25, -0.2) is 0 Å². The van der Waals surface area contributed by atoms with Crippen molar-refractivity contribution in [2.24, 2.45) is 0 Å². The number of thiophene rings is 1. The van der Waals surface area contributed by atoms with Crippen LogP contribution in [0.5, 0.6) is 0 Å². The molecule has 4 heteroatoms. The maximum atomic E-state index is 10.7. The first-order valence-electron chi connectivity index (χ1n) is 3.65. The van der Waals surface area contributed by atoms with Crippen LogP contribution in [0.4, 0.5) is 0 Å². The maximum absolute atomic E-state index is 10.7. The van der Waals surface area contributed by atoms with Crippen LogP contribution < -0.4 is 5.32 Å². The molecule has 0 bridgehead atoms. The molecule has 0 fully saturated rings. The monoisotopic (exact) mass is 185 g/mol. The molecule has 3 nitrogen and oxygen atoms in total. The lowest BCUT2D eigenvalue weighted by Crippen LogP contribution is -2.27. The van der Waals surface area contributed by atoms with Gasteiger partial charge in [-0.3, -0.25) is 4.79 Å². The summed E-state index contributed by atoms with van der Waals surface area (Å²) in [6.07, 6.45) is 0. The number of aliphatic hydroxyl groups excluding tert-OH is 1. The van der Waals surface area contributed by atoms with Gasteiger partial charge in [0.15, 0.2) is 0 Å². The largest absolute Gasteiger partial charge is 0.394 e. The van der Waals surface area contributed by atoms with Crippen molar-refractivity contribution in [3.8, 4) is 0 Å². The summed E-state index contributed by atoms with van der Waals surface area (Å²) in [5.41, 5.74) is 0. The van der Waals surface area contributed by atoms with E-state index in [2.05, 4.69) is 5.32 Å². The van der Waals surface area contributed by atoms with Gasteiger partial charge < -0.3 is 10.4 Å². The van der Waals surface area contributed by atoms with Crippen LogP contribution >= 0.6 is 11.3 Å². The van der Waals surface area contributed by atoms with Crippen molar-refractivity contribution in [2.75, 3.05) is 6.61 Å².